The number of anilines is 1. The third kappa shape index (κ3) is 4.05. The molecule has 1 heterocycles. The van der Waals surface area contributed by atoms with Crippen molar-refractivity contribution in [3.63, 3.8) is 0 Å². The van der Waals surface area contributed by atoms with Crippen LogP contribution in [0.5, 0.6) is 0 Å². The second-order valence-electron chi connectivity index (χ2n) is 6.26. The minimum absolute atomic E-state index is 0.00184. The van der Waals surface area contributed by atoms with Crippen LogP contribution >= 0.6 is 11.6 Å². The molecule has 2 aromatic carbocycles. The number of amides is 1. The molecule has 1 fully saturated rings. The van der Waals surface area contributed by atoms with E-state index in [-0.39, 0.29) is 23.5 Å². The molecule has 0 spiro atoms. The van der Waals surface area contributed by atoms with E-state index in [0.717, 1.165) is 12.1 Å². The molecule has 3 rings (SSSR count). The fourth-order valence-corrected chi connectivity index (χ4v) is 4.92. The van der Waals surface area contributed by atoms with Crippen LogP contribution in [-0.2, 0) is 16.3 Å². The molecule has 0 aromatic heterocycles. The predicted octanol–water partition coefficient (Wildman–Crippen LogP) is 3.74. The Balaban J connectivity index is 1.98. The van der Waals surface area contributed by atoms with Crippen molar-refractivity contribution in [1.29, 1.82) is 0 Å². The van der Waals surface area contributed by atoms with Crippen LogP contribution in [0.15, 0.2) is 48.5 Å². The van der Waals surface area contributed by atoms with Gasteiger partial charge in [0, 0.05) is 16.3 Å². The van der Waals surface area contributed by atoms with Crippen molar-refractivity contribution in [2.45, 2.75) is 25.8 Å². The minimum atomic E-state index is -3.10. The number of aryl methyl sites for hydroxylation is 1. The fourth-order valence-electron chi connectivity index (χ4n) is 3.10. The number of rotatable bonds is 4. The van der Waals surface area contributed by atoms with Crippen LogP contribution in [0.1, 0.15) is 29.3 Å². The van der Waals surface area contributed by atoms with Crippen LogP contribution < -0.4 is 4.90 Å². The minimum Gasteiger partial charge on any atom is -0.304 e. The van der Waals surface area contributed by atoms with Crippen LogP contribution in [0, 0.1) is 0 Å². The van der Waals surface area contributed by atoms with E-state index in [9.17, 15) is 13.2 Å². The molecular weight excluding hydrogens is 358 g/mol. The molecule has 0 bridgehead atoms. The number of hydrogen-bond acceptors (Lipinski definition) is 3. The van der Waals surface area contributed by atoms with E-state index in [4.69, 9.17) is 11.6 Å². The molecule has 0 N–H and O–H groups in total. The zero-order valence-corrected chi connectivity index (χ0v) is 15.6. The molecule has 2 aromatic rings. The SMILES string of the molecule is CCc1ccc(N(C(=O)c2ccc(Cl)cc2)C2CCS(=O)(=O)C2)cc1. The van der Waals surface area contributed by atoms with Crippen molar-refractivity contribution in [2.24, 2.45) is 0 Å². The van der Waals surface area contributed by atoms with Crippen molar-refractivity contribution < 1.29 is 13.2 Å². The van der Waals surface area contributed by atoms with Crippen LogP contribution in [0.4, 0.5) is 5.69 Å². The van der Waals surface area contributed by atoms with Crippen LogP contribution in [0.25, 0.3) is 0 Å². The summed E-state index contributed by atoms with van der Waals surface area (Å²) >= 11 is 5.91. The molecule has 1 atom stereocenters. The summed E-state index contributed by atoms with van der Waals surface area (Å²) in [7, 11) is -3.10. The third-order valence-corrected chi connectivity index (χ3v) is 6.51. The molecule has 1 aliphatic rings. The summed E-state index contributed by atoms with van der Waals surface area (Å²) in [5.74, 6) is -0.0836. The van der Waals surface area contributed by atoms with Crippen LogP contribution in [0.3, 0.4) is 0 Å². The van der Waals surface area contributed by atoms with Gasteiger partial charge in [-0.25, -0.2) is 8.42 Å². The smallest absolute Gasteiger partial charge is 0.258 e. The van der Waals surface area contributed by atoms with Crippen molar-refractivity contribution >= 4 is 33.0 Å². The molecule has 0 radical (unpaired) electrons. The number of carbonyl (C=O) groups is 1. The Labute approximate surface area is 153 Å². The predicted molar refractivity (Wildman–Crippen MR) is 101 cm³/mol. The highest BCUT2D eigenvalue weighted by molar-refractivity contribution is 7.91. The molecule has 0 saturated carbocycles. The van der Waals surface area contributed by atoms with Crippen LogP contribution in [0.2, 0.25) is 5.02 Å². The first kappa shape index (κ1) is 18.0. The van der Waals surface area contributed by atoms with Crippen molar-refractivity contribution in [3.05, 3.63) is 64.7 Å². The number of carbonyl (C=O) groups excluding carboxylic acids is 1. The van der Waals surface area contributed by atoms with E-state index in [1.165, 1.54) is 5.56 Å². The van der Waals surface area contributed by atoms with Gasteiger partial charge in [-0.2, -0.15) is 0 Å². The Bertz CT molecular complexity index is 861. The highest BCUT2D eigenvalue weighted by atomic mass is 35.5. The standard InChI is InChI=1S/C19H20ClNO3S/c1-2-14-3-9-17(10-4-14)21(18-11-12-25(23,24)13-18)19(22)15-5-7-16(20)8-6-15/h3-10,18H,2,11-13H2,1H3. The van der Waals surface area contributed by atoms with Gasteiger partial charge in [0.05, 0.1) is 17.5 Å². The van der Waals surface area contributed by atoms with E-state index >= 15 is 0 Å². The van der Waals surface area contributed by atoms with Gasteiger partial charge in [-0.15, -0.1) is 0 Å². The summed E-state index contributed by atoms with van der Waals surface area (Å²) in [5.41, 5.74) is 2.38. The van der Waals surface area contributed by atoms with Gasteiger partial charge < -0.3 is 4.90 Å². The van der Waals surface area contributed by atoms with Gasteiger partial charge >= 0.3 is 0 Å². The number of sulfone groups is 1. The number of halogens is 1. The molecule has 0 aliphatic carbocycles. The summed E-state index contributed by atoms with van der Waals surface area (Å²) in [5, 5.41) is 0.554. The Hall–Kier alpha value is -1.85. The summed E-state index contributed by atoms with van der Waals surface area (Å²) in [6.07, 6.45) is 1.36. The summed E-state index contributed by atoms with van der Waals surface area (Å²) in [6.45, 7) is 2.06. The molecule has 6 heteroatoms. The average Bonchev–Trinajstić information content (AvgIpc) is 2.96. The molecular formula is C19H20ClNO3S. The van der Waals surface area contributed by atoms with Gasteiger partial charge in [0.15, 0.2) is 9.84 Å². The van der Waals surface area contributed by atoms with Gasteiger partial charge in [0.2, 0.25) is 0 Å². The molecule has 1 aliphatic heterocycles. The first-order chi connectivity index (χ1) is 11.9. The van der Waals surface area contributed by atoms with E-state index in [1.807, 2.05) is 24.3 Å². The lowest BCUT2D eigenvalue weighted by Gasteiger charge is -2.28. The molecule has 132 valence electrons. The van der Waals surface area contributed by atoms with Gasteiger partial charge in [-0.05, 0) is 54.8 Å². The van der Waals surface area contributed by atoms with Gasteiger partial charge in [0.1, 0.15) is 0 Å². The van der Waals surface area contributed by atoms with Crippen molar-refractivity contribution in [1.82, 2.24) is 0 Å². The number of hydrogen-bond donors (Lipinski definition) is 0. The Morgan fingerprint density at radius 3 is 2.28 bits per heavy atom. The van der Waals surface area contributed by atoms with Crippen molar-refractivity contribution in [3.8, 4) is 0 Å². The normalized spacial score (nSPS) is 18.9. The first-order valence-electron chi connectivity index (χ1n) is 8.28. The lowest BCUT2D eigenvalue weighted by Crippen LogP contribution is -2.41. The van der Waals surface area contributed by atoms with E-state index in [0.29, 0.717) is 17.0 Å². The van der Waals surface area contributed by atoms with E-state index in [1.54, 1.807) is 29.2 Å². The van der Waals surface area contributed by atoms with Gasteiger partial charge in [0.25, 0.3) is 5.91 Å². The fraction of sp³-hybridized carbons (Fsp3) is 0.316. The molecule has 25 heavy (non-hydrogen) atoms. The molecule has 1 saturated heterocycles. The third-order valence-electron chi connectivity index (χ3n) is 4.51. The number of nitrogens with zero attached hydrogens (tertiary/aromatic N) is 1. The summed E-state index contributed by atoms with van der Waals surface area (Å²) in [4.78, 5) is 14.7. The largest absolute Gasteiger partial charge is 0.304 e. The van der Waals surface area contributed by atoms with E-state index < -0.39 is 9.84 Å². The average molecular weight is 378 g/mol. The maximum Gasteiger partial charge on any atom is 0.258 e. The zero-order valence-electron chi connectivity index (χ0n) is 14.0. The zero-order chi connectivity index (χ0) is 18.0. The molecule has 1 unspecified atom stereocenters. The maximum absolute atomic E-state index is 13.1. The molecule has 1 amide bonds. The molecule has 4 nitrogen and oxygen atoms in total. The van der Waals surface area contributed by atoms with Crippen molar-refractivity contribution in [2.75, 3.05) is 16.4 Å². The van der Waals surface area contributed by atoms with Crippen LogP contribution in [-0.4, -0.2) is 31.9 Å². The summed E-state index contributed by atoms with van der Waals surface area (Å²) < 4.78 is 23.9. The highest BCUT2D eigenvalue weighted by Crippen LogP contribution is 2.27. The Morgan fingerprint density at radius 1 is 1.12 bits per heavy atom. The summed E-state index contributed by atoms with van der Waals surface area (Å²) in [6, 6.07) is 14.0. The Morgan fingerprint density at radius 2 is 1.76 bits per heavy atom. The second kappa shape index (κ2) is 7.18. The second-order valence-corrected chi connectivity index (χ2v) is 8.92. The van der Waals surface area contributed by atoms with Gasteiger partial charge in [-0.3, -0.25) is 4.79 Å². The topological polar surface area (TPSA) is 54.5 Å². The maximum atomic E-state index is 13.1. The van der Waals surface area contributed by atoms with E-state index in [2.05, 4.69) is 6.92 Å². The first-order valence-corrected chi connectivity index (χ1v) is 10.5. The van der Waals surface area contributed by atoms with Gasteiger partial charge in [-0.1, -0.05) is 30.7 Å². The monoisotopic (exact) mass is 377 g/mol. The lowest BCUT2D eigenvalue weighted by molar-refractivity contribution is 0.0979. The lowest BCUT2D eigenvalue weighted by atomic mass is 10.1. The highest BCUT2D eigenvalue weighted by Gasteiger charge is 2.35. The number of benzene rings is 2. The Kier molecular flexibility index (Phi) is 5.16. The quantitative estimate of drug-likeness (QED) is 0.815.